The second kappa shape index (κ2) is 3.02. The lowest BCUT2D eigenvalue weighted by Crippen LogP contribution is -1.94. The molecule has 2 rings (SSSR count). The fourth-order valence-corrected chi connectivity index (χ4v) is 1.14. The lowest BCUT2D eigenvalue weighted by atomic mass is 10.1. The molecule has 0 spiro atoms. The lowest BCUT2D eigenvalue weighted by molar-refractivity contribution is 0.173. The first-order valence-electron chi connectivity index (χ1n) is 6.25. The Bertz CT molecular complexity index is 435. The van der Waals surface area contributed by atoms with E-state index in [9.17, 15) is 0 Å². The molecule has 0 N–H and O–H groups in total. The van der Waals surface area contributed by atoms with Crippen LogP contribution < -0.4 is 0 Å². The van der Waals surface area contributed by atoms with Gasteiger partial charge in [-0.1, -0.05) is 30.3 Å². The zero-order valence-electron chi connectivity index (χ0n) is 11.4. The number of ether oxygens (including phenoxy) is 1. The van der Waals surface area contributed by atoms with Gasteiger partial charge in [-0.2, -0.15) is 0 Å². The Balaban J connectivity index is 2.33. The van der Waals surface area contributed by atoms with Gasteiger partial charge in [-0.3, -0.25) is 0 Å². The van der Waals surface area contributed by atoms with Crippen molar-refractivity contribution in [3.05, 3.63) is 47.7 Å². The van der Waals surface area contributed by atoms with Crippen molar-refractivity contribution >= 4 is 0 Å². The molecule has 1 aromatic rings. The van der Waals surface area contributed by atoms with E-state index in [0.29, 0.717) is 5.56 Å². The Hall–Kier alpha value is -1.24. The van der Waals surface area contributed by atoms with E-state index >= 15 is 0 Å². The van der Waals surface area contributed by atoms with E-state index in [-0.39, 0.29) is 5.57 Å². The highest BCUT2D eigenvalue weighted by atomic mass is 16.5. The highest BCUT2D eigenvalue weighted by molar-refractivity contribution is 5.21. The van der Waals surface area contributed by atoms with Crippen molar-refractivity contribution in [3.8, 4) is 0 Å². The number of hydrogen-bond donors (Lipinski definition) is 0. The molecule has 12 heavy (non-hydrogen) atoms. The van der Waals surface area contributed by atoms with Gasteiger partial charge < -0.3 is 4.74 Å². The highest BCUT2D eigenvalue weighted by Gasteiger charge is 2.16. The van der Waals surface area contributed by atoms with Crippen LogP contribution in [-0.2, 0) is 4.74 Å². The molecule has 1 nitrogen and oxygen atoms in total. The maximum absolute atomic E-state index is 7.91. The lowest BCUT2D eigenvalue weighted by Gasteiger charge is -2.09. The molecule has 0 amide bonds. The first-order valence-corrected chi connectivity index (χ1v) is 3.75. The molecule has 1 heteroatoms. The number of hydrogen-bond acceptors (Lipinski definition) is 1. The van der Waals surface area contributed by atoms with E-state index in [4.69, 9.17) is 11.6 Å². The normalized spacial score (nSPS) is 33.2. The Labute approximate surface area is 79.7 Å². The van der Waals surface area contributed by atoms with Gasteiger partial charge in [-0.25, -0.2) is 0 Å². The van der Waals surface area contributed by atoms with Gasteiger partial charge in [0.15, 0.2) is 0 Å². The molecule has 0 bridgehead atoms. The van der Waals surface area contributed by atoms with Gasteiger partial charge in [0.1, 0.15) is 6.10 Å². The summed E-state index contributed by atoms with van der Waals surface area (Å²) in [5, 5.41) is 0. The van der Waals surface area contributed by atoms with Gasteiger partial charge in [0.05, 0.1) is 6.26 Å². The van der Waals surface area contributed by atoms with E-state index < -0.39 is 19.3 Å². The Morgan fingerprint density at radius 2 is 2.33 bits per heavy atom. The summed E-state index contributed by atoms with van der Waals surface area (Å²) in [6.07, 6.45) is -1.86. The Kier molecular flexibility index (Phi) is 0.917. The molecule has 0 aromatic heterocycles. The summed E-state index contributed by atoms with van der Waals surface area (Å²) >= 11 is 0. The molecule has 1 heterocycles. The van der Waals surface area contributed by atoms with Crippen molar-refractivity contribution in [3.63, 3.8) is 0 Å². The summed E-state index contributed by atoms with van der Waals surface area (Å²) in [5.41, 5.74) is 0.354. The Morgan fingerprint density at radius 3 is 3.00 bits per heavy atom. The van der Waals surface area contributed by atoms with Gasteiger partial charge in [0.2, 0.25) is 0 Å². The molecular formula is C11H12O. The van der Waals surface area contributed by atoms with Crippen LogP contribution in [-0.4, -0.2) is 0 Å². The first kappa shape index (κ1) is 3.65. The minimum atomic E-state index is -2.47. The predicted molar refractivity (Wildman–Crippen MR) is 48.6 cm³/mol. The average molecular weight is 165 g/mol. The minimum Gasteiger partial charge on any atom is -0.493 e. The van der Waals surface area contributed by atoms with Crippen molar-refractivity contribution < 1.29 is 11.6 Å². The Morgan fingerprint density at radius 1 is 1.50 bits per heavy atom. The molecule has 0 fully saturated rings. The standard InChI is InChI=1S/C11H12O/c1-9-7-11(12-8-9)10-5-3-2-4-6-10/h2-6,8,11H,7H2,1H3/i1D3,7D2. The highest BCUT2D eigenvalue weighted by Crippen LogP contribution is 2.30. The molecule has 1 aliphatic rings. The minimum absolute atomic E-state index is 0.279. The van der Waals surface area contributed by atoms with Crippen LogP contribution in [0.4, 0.5) is 0 Å². The SMILES string of the molecule is [2H]C([2H])([2H])C1=COC(c2ccccc2)C1([2H])[2H]. The molecule has 0 aliphatic carbocycles. The van der Waals surface area contributed by atoms with Crippen molar-refractivity contribution in [2.45, 2.75) is 19.3 Å². The topological polar surface area (TPSA) is 9.23 Å². The second-order valence-electron chi connectivity index (χ2n) is 2.60. The van der Waals surface area contributed by atoms with E-state index in [0.717, 1.165) is 6.26 Å². The molecular weight excluding hydrogens is 148 g/mol. The maximum Gasteiger partial charge on any atom is 0.127 e. The van der Waals surface area contributed by atoms with E-state index in [1.807, 2.05) is 6.07 Å². The smallest absolute Gasteiger partial charge is 0.127 e. The van der Waals surface area contributed by atoms with Crippen LogP contribution in [0.25, 0.3) is 0 Å². The zero-order chi connectivity index (χ0) is 12.7. The van der Waals surface area contributed by atoms with Gasteiger partial charge in [-0.05, 0) is 18.0 Å². The van der Waals surface area contributed by atoms with Crippen LogP contribution in [0.15, 0.2) is 42.2 Å². The maximum atomic E-state index is 7.91. The summed E-state index contributed by atoms with van der Waals surface area (Å²) in [6, 6.07) is 8.79. The number of benzene rings is 1. The summed E-state index contributed by atoms with van der Waals surface area (Å²) in [4.78, 5) is 0. The van der Waals surface area contributed by atoms with Crippen molar-refractivity contribution in [2.75, 3.05) is 0 Å². The molecule has 1 aromatic carbocycles. The van der Waals surface area contributed by atoms with Gasteiger partial charge in [0, 0.05) is 13.2 Å². The van der Waals surface area contributed by atoms with Crippen LogP contribution >= 0.6 is 0 Å². The zero-order valence-corrected chi connectivity index (χ0v) is 6.45. The third-order valence-corrected chi connectivity index (χ3v) is 1.71. The molecule has 0 saturated carbocycles. The van der Waals surface area contributed by atoms with Crippen molar-refractivity contribution in [2.24, 2.45) is 0 Å². The second-order valence-corrected chi connectivity index (χ2v) is 2.60. The van der Waals surface area contributed by atoms with Crippen LogP contribution in [0.5, 0.6) is 0 Å². The third-order valence-electron chi connectivity index (χ3n) is 1.71. The fraction of sp³-hybridized carbons (Fsp3) is 0.273. The number of rotatable bonds is 1. The van der Waals surface area contributed by atoms with Crippen LogP contribution in [0, 0.1) is 0 Å². The summed E-state index contributed by atoms with van der Waals surface area (Å²) in [6.45, 7) is -2.47. The van der Waals surface area contributed by atoms with Crippen molar-refractivity contribution in [1.82, 2.24) is 0 Å². The van der Waals surface area contributed by atoms with Crippen LogP contribution in [0.1, 0.15) is 31.7 Å². The molecule has 1 aliphatic heterocycles. The van der Waals surface area contributed by atoms with Crippen LogP contribution in [0.3, 0.4) is 0 Å². The quantitative estimate of drug-likeness (QED) is 0.621. The summed E-state index contributed by atoms with van der Waals surface area (Å²) < 4.78 is 42.9. The molecule has 1 unspecified atom stereocenters. The van der Waals surface area contributed by atoms with Crippen LogP contribution in [0.2, 0.25) is 0 Å². The molecule has 0 saturated heterocycles. The largest absolute Gasteiger partial charge is 0.493 e. The third kappa shape index (κ3) is 1.35. The fourth-order valence-electron chi connectivity index (χ4n) is 1.14. The molecule has 0 radical (unpaired) electrons. The van der Waals surface area contributed by atoms with Gasteiger partial charge in [-0.15, -0.1) is 0 Å². The summed E-state index contributed by atoms with van der Waals surface area (Å²) in [5.74, 6) is 0. The predicted octanol–water partition coefficient (Wildman–Crippen LogP) is 3.05. The average Bonchev–Trinajstić information content (AvgIpc) is 2.54. The first-order chi connectivity index (χ1) is 7.83. The molecule has 62 valence electrons. The van der Waals surface area contributed by atoms with Gasteiger partial charge in [0.25, 0.3) is 0 Å². The monoisotopic (exact) mass is 165 g/mol. The van der Waals surface area contributed by atoms with E-state index in [2.05, 4.69) is 0 Å². The van der Waals surface area contributed by atoms with Gasteiger partial charge >= 0.3 is 0 Å². The summed E-state index contributed by atoms with van der Waals surface area (Å²) in [7, 11) is 0. The van der Waals surface area contributed by atoms with Crippen molar-refractivity contribution in [1.29, 1.82) is 0 Å². The van der Waals surface area contributed by atoms with E-state index in [1.165, 1.54) is 0 Å². The molecule has 1 atom stereocenters. The van der Waals surface area contributed by atoms with E-state index in [1.54, 1.807) is 24.3 Å².